The van der Waals surface area contributed by atoms with Gasteiger partial charge in [-0.15, -0.1) is 10.2 Å². The van der Waals surface area contributed by atoms with E-state index >= 15 is 0 Å². The number of nitrogens with zero attached hydrogens (tertiary/aromatic N) is 2. The molecule has 1 aromatic heterocycles. The van der Waals surface area contributed by atoms with Crippen LogP contribution in [0.25, 0.3) is 11.1 Å². The van der Waals surface area contributed by atoms with Gasteiger partial charge in [-0.1, -0.05) is 78.5 Å². The molecule has 6 nitrogen and oxygen atoms in total. The zero-order valence-electron chi connectivity index (χ0n) is 18.5. The molecule has 0 radical (unpaired) electrons. The highest BCUT2D eigenvalue weighted by Gasteiger charge is 2.11. The summed E-state index contributed by atoms with van der Waals surface area (Å²) in [6, 6.07) is 24.6. The Morgan fingerprint density at radius 2 is 1.79 bits per heavy atom. The molecule has 0 bridgehead atoms. The Morgan fingerprint density at radius 3 is 2.64 bits per heavy atom. The lowest BCUT2D eigenvalue weighted by atomic mass is 10.00. The minimum Gasteiger partial charge on any atom is -0.484 e. The third-order valence-corrected chi connectivity index (χ3v) is 6.03. The fraction of sp³-hybridized carbons (Fsp3) is 0.231. The maximum absolute atomic E-state index is 8.89. The Kier molecular flexibility index (Phi) is 8.14. The monoisotopic (exact) mass is 461 g/mol. The van der Waals surface area contributed by atoms with Gasteiger partial charge in [-0.05, 0) is 40.8 Å². The van der Waals surface area contributed by atoms with E-state index < -0.39 is 0 Å². The number of aliphatic hydroxyl groups excluding tert-OH is 1. The van der Waals surface area contributed by atoms with Crippen molar-refractivity contribution in [1.82, 2.24) is 15.5 Å². The summed E-state index contributed by atoms with van der Waals surface area (Å²) in [5.41, 5.74) is 5.72. The molecule has 0 spiro atoms. The van der Waals surface area contributed by atoms with Crippen molar-refractivity contribution in [3.8, 4) is 16.9 Å². The van der Waals surface area contributed by atoms with E-state index in [0.29, 0.717) is 17.7 Å². The molecule has 0 unspecified atom stereocenters. The third kappa shape index (κ3) is 6.44. The van der Waals surface area contributed by atoms with Crippen LogP contribution in [-0.2, 0) is 18.9 Å². The molecule has 33 heavy (non-hydrogen) atoms. The first-order valence-electron chi connectivity index (χ1n) is 10.9. The lowest BCUT2D eigenvalue weighted by Gasteiger charge is -2.11. The van der Waals surface area contributed by atoms with Crippen LogP contribution < -0.4 is 10.1 Å². The number of rotatable bonds is 11. The first kappa shape index (κ1) is 23.0. The quantitative estimate of drug-likeness (QED) is 0.240. The number of hydrogen-bond donors (Lipinski definition) is 2. The third-order valence-electron chi connectivity index (χ3n) is 5.14. The summed E-state index contributed by atoms with van der Waals surface area (Å²) in [6.07, 6.45) is 0. The van der Waals surface area contributed by atoms with Crippen molar-refractivity contribution in [1.29, 1.82) is 0 Å². The van der Waals surface area contributed by atoms with Crippen LogP contribution in [0.5, 0.6) is 5.75 Å². The van der Waals surface area contributed by atoms with Gasteiger partial charge in [-0.3, -0.25) is 0 Å². The number of aromatic nitrogens is 2. The summed E-state index contributed by atoms with van der Waals surface area (Å²) in [4.78, 5) is 0. The summed E-state index contributed by atoms with van der Waals surface area (Å²) in [6.45, 7) is 3.73. The van der Waals surface area contributed by atoms with Gasteiger partial charge in [0.2, 0.25) is 0 Å². The highest BCUT2D eigenvalue weighted by molar-refractivity contribution is 7.98. The van der Waals surface area contributed by atoms with Crippen LogP contribution in [0.1, 0.15) is 22.6 Å². The van der Waals surface area contributed by atoms with E-state index in [0.717, 1.165) is 34.7 Å². The minimum absolute atomic E-state index is 0.136. The Balaban J connectivity index is 1.32. The Bertz CT molecular complexity index is 1160. The number of nitrogens with one attached hydrogen (secondary N) is 1. The minimum atomic E-state index is 0.136. The fourth-order valence-corrected chi connectivity index (χ4v) is 4.21. The number of aliphatic hydroxyl groups is 1. The molecule has 7 heteroatoms. The van der Waals surface area contributed by atoms with E-state index in [-0.39, 0.29) is 13.2 Å². The number of benzene rings is 3. The second kappa shape index (κ2) is 11.7. The van der Waals surface area contributed by atoms with E-state index in [1.165, 1.54) is 22.9 Å². The van der Waals surface area contributed by atoms with Crippen LogP contribution in [0.15, 0.2) is 82.4 Å². The van der Waals surface area contributed by atoms with Crippen LogP contribution in [0, 0.1) is 6.92 Å². The molecule has 4 rings (SSSR count). The van der Waals surface area contributed by atoms with Gasteiger partial charge in [-0.25, -0.2) is 0 Å². The fourth-order valence-electron chi connectivity index (χ4n) is 3.48. The van der Waals surface area contributed by atoms with Crippen LogP contribution in [0.4, 0.5) is 0 Å². The SMILES string of the molecule is Cc1c(OCc2nnc(SCc3cccc(CNCCO)c3)o2)cccc1-c1ccccc1. The highest BCUT2D eigenvalue weighted by atomic mass is 32.2. The zero-order valence-corrected chi connectivity index (χ0v) is 19.3. The molecule has 4 aromatic rings. The Morgan fingerprint density at radius 1 is 0.970 bits per heavy atom. The molecule has 0 saturated heterocycles. The Labute approximate surface area is 198 Å². The smallest absolute Gasteiger partial charge is 0.277 e. The standard InChI is InChI=1S/C26H27N3O3S/c1-19-23(22-9-3-2-4-10-22)11-6-12-24(19)31-17-25-28-29-26(32-25)33-18-21-8-5-7-20(15-21)16-27-13-14-30/h2-12,15,27,30H,13-14,16-18H2,1H3. The molecule has 0 saturated carbocycles. The largest absolute Gasteiger partial charge is 0.484 e. The van der Waals surface area contributed by atoms with Gasteiger partial charge < -0.3 is 19.6 Å². The van der Waals surface area contributed by atoms with Crippen molar-refractivity contribution in [2.24, 2.45) is 0 Å². The van der Waals surface area contributed by atoms with E-state index in [2.05, 4.69) is 58.8 Å². The molecule has 1 heterocycles. The lowest BCUT2D eigenvalue weighted by Crippen LogP contribution is -2.17. The normalized spacial score (nSPS) is 11.0. The second-order valence-electron chi connectivity index (χ2n) is 7.55. The number of thioether (sulfide) groups is 1. The van der Waals surface area contributed by atoms with E-state index in [1.54, 1.807) is 0 Å². The number of hydrogen-bond acceptors (Lipinski definition) is 7. The molecule has 0 aliphatic heterocycles. The predicted octanol–water partition coefficient (Wildman–Crippen LogP) is 5.00. The average Bonchev–Trinajstić information content (AvgIpc) is 3.31. The summed E-state index contributed by atoms with van der Waals surface area (Å²) in [5.74, 6) is 1.98. The Hall–Kier alpha value is -3.13. The molecule has 2 N–H and O–H groups in total. The number of ether oxygens (including phenoxy) is 1. The van der Waals surface area contributed by atoms with Crippen molar-refractivity contribution in [2.75, 3.05) is 13.2 Å². The first-order chi connectivity index (χ1) is 16.2. The van der Waals surface area contributed by atoms with Crippen LogP contribution in [0.2, 0.25) is 0 Å². The van der Waals surface area contributed by atoms with Gasteiger partial charge in [-0.2, -0.15) is 0 Å². The molecule has 0 aliphatic carbocycles. The molecule has 0 fully saturated rings. The first-order valence-corrected chi connectivity index (χ1v) is 11.8. The lowest BCUT2D eigenvalue weighted by molar-refractivity contribution is 0.251. The molecular formula is C26H27N3O3S. The topological polar surface area (TPSA) is 80.4 Å². The summed E-state index contributed by atoms with van der Waals surface area (Å²) in [5, 5.41) is 20.9. The van der Waals surface area contributed by atoms with Crippen LogP contribution in [-0.4, -0.2) is 28.5 Å². The van der Waals surface area contributed by atoms with Crippen LogP contribution in [0.3, 0.4) is 0 Å². The van der Waals surface area contributed by atoms with Crippen molar-refractivity contribution >= 4 is 11.8 Å². The van der Waals surface area contributed by atoms with Gasteiger partial charge in [0.15, 0.2) is 6.61 Å². The maximum Gasteiger partial charge on any atom is 0.277 e. The van der Waals surface area contributed by atoms with Gasteiger partial charge >= 0.3 is 0 Å². The average molecular weight is 462 g/mol. The van der Waals surface area contributed by atoms with E-state index in [9.17, 15) is 0 Å². The van der Waals surface area contributed by atoms with Crippen LogP contribution >= 0.6 is 11.8 Å². The summed E-state index contributed by atoms with van der Waals surface area (Å²) < 4.78 is 11.8. The summed E-state index contributed by atoms with van der Waals surface area (Å²) in [7, 11) is 0. The highest BCUT2D eigenvalue weighted by Crippen LogP contribution is 2.30. The molecule has 3 aromatic carbocycles. The predicted molar refractivity (Wildman–Crippen MR) is 130 cm³/mol. The van der Waals surface area contributed by atoms with Crippen molar-refractivity contribution < 1.29 is 14.3 Å². The maximum atomic E-state index is 8.89. The van der Waals surface area contributed by atoms with Gasteiger partial charge in [0.05, 0.1) is 6.61 Å². The van der Waals surface area contributed by atoms with Crippen molar-refractivity contribution in [3.63, 3.8) is 0 Å². The van der Waals surface area contributed by atoms with Gasteiger partial charge in [0.1, 0.15) is 5.75 Å². The molecular weight excluding hydrogens is 434 g/mol. The molecule has 0 amide bonds. The van der Waals surface area contributed by atoms with Crippen molar-refractivity contribution in [3.05, 3.63) is 95.4 Å². The molecule has 170 valence electrons. The zero-order chi connectivity index (χ0) is 22.9. The second-order valence-corrected chi connectivity index (χ2v) is 8.48. The van der Waals surface area contributed by atoms with Gasteiger partial charge in [0, 0.05) is 18.8 Å². The van der Waals surface area contributed by atoms with E-state index in [4.69, 9.17) is 14.3 Å². The van der Waals surface area contributed by atoms with E-state index in [1.807, 2.05) is 36.4 Å². The van der Waals surface area contributed by atoms with Crippen molar-refractivity contribution in [2.45, 2.75) is 31.1 Å². The molecule has 0 aliphatic rings. The van der Waals surface area contributed by atoms with Gasteiger partial charge in [0.25, 0.3) is 11.1 Å². The summed E-state index contributed by atoms with van der Waals surface area (Å²) >= 11 is 1.50. The molecule has 0 atom stereocenters.